The predicted molar refractivity (Wildman–Crippen MR) is 78.2 cm³/mol. The standard InChI is InChI=1S/C14H23NOS/c1-5-17-7-6-16-14-8-11(4)13(15)9-12(14)10(2)3/h8-10H,5-7,15H2,1-4H3. The Bertz CT molecular complexity index is 363. The zero-order valence-corrected chi connectivity index (χ0v) is 12.1. The smallest absolute Gasteiger partial charge is 0.123 e. The molecule has 17 heavy (non-hydrogen) atoms. The molecule has 0 atom stereocenters. The van der Waals surface area contributed by atoms with Crippen LogP contribution in [-0.4, -0.2) is 18.1 Å². The Balaban J connectivity index is 2.78. The molecule has 0 aliphatic heterocycles. The summed E-state index contributed by atoms with van der Waals surface area (Å²) >= 11 is 1.90. The summed E-state index contributed by atoms with van der Waals surface area (Å²) in [5, 5.41) is 0. The maximum absolute atomic E-state index is 5.94. The van der Waals surface area contributed by atoms with E-state index >= 15 is 0 Å². The number of rotatable bonds is 6. The van der Waals surface area contributed by atoms with E-state index in [1.54, 1.807) is 0 Å². The first kappa shape index (κ1) is 14.2. The van der Waals surface area contributed by atoms with Crippen molar-refractivity contribution in [2.45, 2.75) is 33.6 Å². The highest BCUT2D eigenvalue weighted by Crippen LogP contribution is 2.30. The van der Waals surface area contributed by atoms with Gasteiger partial charge in [-0.1, -0.05) is 20.8 Å². The lowest BCUT2D eigenvalue weighted by molar-refractivity contribution is 0.338. The third-order valence-electron chi connectivity index (χ3n) is 2.71. The number of anilines is 1. The average Bonchev–Trinajstić information content (AvgIpc) is 2.28. The first-order valence-corrected chi connectivity index (χ1v) is 7.32. The van der Waals surface area contributed by atoms with Gasteiger partial charge in [-0.2, -0.15) is 11.8 Å². The van der Waals surface area contributed by atoms with Crippen LogP contribution in [-0.2, 0) is 0 Å². The van der Waals surface area contributed by atoms with E-state index in [-0.39, 0.29) is 0 Å². The molecule has 0 saturated heterocycles. The minimum absolute atomic E-state index is 0.437. The van der Waals surface area contributed by atoms with Crippen molar-refractivity contribution < 1.29 is 4.74 Å². The molecule has 2 nitrogen and oxygen atoms in total. The van der Waals surface area contributed by atoms with Crippen LogP contribution >= 0.6 is 11.8 Å². The van der Waals surface area contributed by atoms with Crippen molar-refractivity contribution in [3.05, 3.63) is 23.3 Å². The van der Waals surface area contributed by atoms with Gasteiger partial charge in [0.25, 0.3) is 0 Å². The second kappa shape index (κ2) is 6.80. The number of benzene rings is 1. The minimum atomic E-state index is 0.437. The van der Waals surface area contributed by atoms with E-state index < -0.39 is 0 Å². The normalized spacial score (nSPS) is 10.9. The summed E-state index contributed by atoms with van der Waals surface area (Å²) in [5.41, 5.74) is 9.09. The van der Waals surface area contributed by atoms with Gasteiger partial charge in [0.2, 0.25) is 0 Å². The molecule has 3 heteroatoms. The van der Waals surface area contributed by atoms with Gasteiger partial charge in [-0.15, -0.1) is 0 Å². The number of hydrogen-bond acceptors (Lipinski definition) is 3. The van der Waals surface area contributed by atoms with Crippen molar-refractivity contribution in [2.75, 3.05) is 23.8 Å². The molecule has 2 N–H and O–H groups in total. The van der Waals surface area contributed by atoms with E-state index in [0.717, 1.165) is 35.1 Å². The second-order valence-electron chi connectivity index (χ2n) is 4.45. The highest BCUT2D eigenvalue weighted by molar-refractivity contribution is 7.99. The zero-order valence-electron chi connectivity index (χ0n) is 11.2. The van der Waals surface area contributed by atoms with Crippen LogP contribution in [0.3, 0.4) is 0 Å². The van der Waals surface area contributed by atoms with Crippen LogP contribution in [0.2, 0.25) is 0 Å². The Morgan fingerprint density at radius 2 is 2.06 bits per heavy atom. The molecule has 0 fully saturated rings. The lowest BCUT2D eigenvalue weighted by Crippen LogP contribution is -2.05. The Labute approximate surface area is 109 Å². The molecule has 0 radical (unpaired) electrons. The molecule has 0 bridgehead atoms. The highest BCUT2D eigenvalue weighted by atomic mass is 32.2. The van der Waals surface area contributed by atoms with Crippen LogP contribution < -0.4 is 10.5 Å². The van der Waals surface area contributed by atoms with E-state index in [9.17, 15) is 0 Å². The average molecular weight is 253 g/mol. The topological polar surface area (TPSA) is 35.2 Å². The van der Waals surface area contributed by atoms with E-state index in [0.29, 0.717) is 5.92 Å². The number of thioether (sulfide) groups is 1. The molecule has 1 aromatic carbocycles. The van der Waals surface area contributed by atoms with Gasteiger partial charge < -0.3 is 10.5 Å². The van der Waals surface area contributed by atoms with E-state index in [1.165, 1.54) is 5.56 Å². The number of hydrogen-bond donors (Lipinski definition) is 1. The molecule has 0 spiro atoms. The first-order valence-electron chi connectivity index (χ1n) is 6.16. The third kappa shape index (κ3) is 4.15. The van der Waals surface area contributed by atoms with Gasteiger partial charge in [-0.25, -0.2) is 0 Å². The molecule has 1 aromatic rings. The van der Waals surface area contributed by atoms with E-state index in [4.69, 9.17) is 10.5 Å². The summed E-state index contributed by atoms with van der Waals surface area (Å²) in [7, 11) is 0. The summed E-state index contributed by atoms with van der Waals surface area (Å²) < 4.78 is 5.86. The van der Waals surface area contributed by atoms with Crippen molar-refractivity contribution >= 4 is 17.4 Å². The van der Waals surface area contributed by atoms with Gasteiger partial charge in [-0.3, -0.25) is 0 Å². The molecule has 0 saturated carbocycles. The highest BCUT2D eigenvalue weighted by Gasteiger charge is 2.10. The maximum Gasteiger partial charge on any atom is 0.123 e. The lowest BCUT2D eigenvalue weighted by atomic mass is 9.99. The quantitative estimate of drug-likeness (QED) is 0.618. The third-order valence-corrected chi connectivity index (χ3v) is 3.57. The maximum atomic E-state index is 5.94. The van der Waals surface area contributed by atoms with Gasteiger partial charge in [0, 0.05) is 11.4 Å². The Hall–Kier alpha value is -0.830. The molecule has 96 valence electrons. The molecular weight excluding hydrogens is 230 g/mol. The fraction of sp³-hybridized carbons (Fsp3) is 0.571. The Morgan fingerprint density at radius 1 is 1.35 bits per heavy atom. The van der Waals surface area contributed by atoms with Gasteiger partial charge >= 0.3 is 0 Å². The van der Waals surface area contributed by atoms with Gasteiger partial charge in [0.15, 0.2) is 0 Å². The summed E-state index contributed by atoms with van der Waals surface area (Å²) in [6.07, 6.45) is 0. The molecular formula is C14H23NOS. The fourth-order valence-corrected chi connectivity index (χ4v) is 2.14. The zero-order chi connectivity index (χ0) is 12.8. The summed E-state index contributed by atoms with van der Waals surface area (Å²) in [6, 6.07) is 4.10. The van der Waals surface area contributed by atoms with Crippen molar-refractivity contribution in [3.63, 3.8) is 0 Å². The molecule has 1 rings (SSSR count). The molecule has 0 aromatic heterocycles. The monoisotopic (exact) mass is 253 g/mol. The second-order valence-corrected chi connectivity index (χ2v) is 5.84. The molecule has 0 aliphatic rings. The van der Waals surface area contributed by atoms with Crippen LogP contribution in [0.15, 0.2) is 12.1 Å². The first-order chi connectivity index (χ1) is 8.06. The number of ether oxygens (including phenoxy) is 1. The van der Waals surface area contributed by atoms with Crippen LogP contribution in [0.25, 0.3) is 0 Å². The SMILES string of the molecule is CCSCCOc1cc(C)c(N)cc1C(C)C. The summed E-state index contributed by atoms with van der Waals surface area (Å²) in [4.78, 5) is 0. The van der Waals surface area contributed by atoms with Crippen molar-refractivity contribution in [3.8, 4) is 5.75 Å². The molecule has 0 amide bonds. The van der Waals surface area contributed by atoms with Gasteiger partial charge in [0.1, 0.15) is 5.75 Å². The van der Waals surface area contributed by atoms with Crippen LogP contribution in [0, 0.1) is 6.92 Å². The van der Waals surface area contributed by atoms with Crippen molar-refractivity contribution in [1.29, 1.82) is 0 Å². The largest absolute Gasteiger partial charge is 0.492 e. The number of nitrogens with two attached hydrogens (primary N) is 1. The Morgan fingerprint density at radius 3 is 2.65 bits per heavy atom. The number of nitrogen functional groups attached to an aromatic ring is 1. The van der Waals surface area contributed by atoms with Gasteiger partial charge in [0.05, 0.1) is 6.61 Å². The molecule has 0 aliphatic carbocycles. The van der Waals surface area contributed by atoms with E-state index in [1.807, 2.05) is 24.8 Å². The van der Waals surface area contributed by atoms with E-state index in [2.05, 4.69) is 26.8 Å². The van der Waals surface area contributed by atoms with Crippen molar-refractivity contribution in [1.82, 2.24) is 0 Å². The molecule has 0 unspecified atom stereocenters. The van der Waals surface area contributed by atoms with Crippen LogP contribution in [0.1, 0.15) is 37.8 Å². The lowest BCUT2D eigenvalue weighted by Gasteiger charge is -2.16. The fourth-order valence-electron chi connectivity index (χ4n) is 1.65. The van der Waals surface area contributed by atoms with Crippen LogP contribution in [0.5, 0.6) is 5.75 Å². The van der Waals surface area contributed by atoms with Crippen LogP contribution in [0.4, 0.5) is 5.69 Å². The minimum Gasteiger partial charge on any atom is -0.492 e. The predicted octanol–water partition coefficient (Wildman–Crippen LogP) is 3.83. The van der Waals surface area contributed by atoms with Gasteiger partial charge in [-0.05, 0) is 41.9 Å². The number of aryl methyl sites for hydroxylation is 1. The van der Waals surface area contributed by atoms with Crippen molar-refractivity contribution in [2.24, 2.45) is 0 Å². The Kier molecular flexibility index (Phi) is 5.69. The summed E-state index contributed by atoms with van der Waals surface area (Å²) in [6.45, 7) is 9.28. The molecule has 0 heterocycles. The summed E-state index contributed by atoms with van der Waals surface area (Å²) in [5.74, 6) is 3.61.